The van der Waals surface area contributed by atoms with Gasteiger partial charge in [0.1, 0.15) is 0 Å². The van der Waals surface area contributed by atoms with Crippen molar-refractivity contribution in [3.63, 3.8) is 0 Å². The van der Waals surface area contributed by atoms with E-state index < -0.39 is 0 Å². The summed E-state index contributed by atoms with van der Waals surface area (Å²) in [4.78, 5) is 13.2. The molecule has 0 saturated carbocycles. The highest BCUT2D eigenvalue weighted by Crippen LogP contribution is 2.24. The number of thioether (sulfide) groups is 1. The van der Waals surface area contributed by atoms with Gasteiger partial charge in [0.25, 0.3) is 0 Å². The maximum absolute atomic E-state index is 12.1. The number of benzene rings is 2. The number of halogens is 1. The first-order valence-electron chi connectivity index (χ1n) is 8.04. The first-order chi connectivity index (χ1) is 11.3. The van der Waals surface area contributed by atoms with E-state index in [1.807, 2.05) is 31.2 Å². The maximum Gasteiger partial charge on any atom is 0.230 e. The summed E-state index contributed by atoms with van der Waals surface area (Å²) in [6, 6.07) is 16.0. The van der Waals surface area contributed by atoms with Crippen LogP contribution in [0.1, 0.15) is 44.9 Å². The topological polar surface area (TPSA) is 29.1 Å². The van der Waals surface area contributed by atoms with Crippen molar-refractivity contribution in [3.05, 3.63) is 64.7 Å². The van der Waals surface area contributed by atoms with Crippen LogP contribution >= 0.6 is 23.4 Å². The van der Waals surface area contributed by atoms with Crippen LogP contribution in [0.5, 0.6) is 0 Å². The van der Waals surface area contributed by atoms with Gasteiger partial charge in [-0.15, -0.1) is 11.8 Å². The summed E-state index contributed by atoms with van der Waals surface area (Å²) in [5.74, 6) is 0.425. The molecular weight excluding hydrogens is 338 g/mol. The van der Waals surface area contributed by atoms with E-state index >= 15 is 0 Å². The molecular formula is C20H24ClNOS. The Labute approximate surface area is 154 Å². The Hall–Kier alpha value is -1.45. The molecule has 128 valence electrons. The fourth-order valence-corrected chi connectivity index (χ4v) is 3.15. The van der Waals surface area contributed by atoms with Crippen LogP contribution in [0.2, 0.25) is 5.02 Å². The van der Waals surface area contributed by atoms with E-state index in [9.17, 15) is 4.79 Å². The van der Waals surface area contributed by atoms with Crippen molar-refractivity contribution in [1.82, 2.24) is 5.32 Å². The van der Waals surface area contributed by atoms with Gasteiger partial charge in [-0.25, -0.2) is 0 Å². The van der Waals surface area contributed by atoms with E-state index in [1.54, 1.807) is 0 Å². The van der Waals surface area contributed by atoms with E-state index in [2.05, 4.69) is 50.4 Å². The van der Waals surface area contributed by atoms with Crippen molar-refractivity contribution in [1.29, 1.82) is 0 Å². The molecule has 1 atom stereocenters. The van der Waals surface area contributed by atoms with Crippen molar-refractivity contribution in [2.24, 2.45) is 0 Å². The fourth-order valence-electron chi connectivity index (χ4n) is 2.32. The molecule has 2 nitrogen and oxygen atoms in total. The first-order valence-corrected chi connectivity index (χ1v) is 9.40. The summed E-state index contributed by atoms with van der Waals surface area (Å²) in [5.41, 5.74) is 2.55. The monoisotopic (exact) mass is 361 g/mol. The second kappa shape index (κ2) is 8.09. The van der Waals surface area contributed by atoms with E-state index in [-0.39, 0.29) is 17.4 Å². The molecule has 24 heavy (non-hydrogen) atoms. The first kappa shape index (κ1) is 18.9. The minimum absolute atomic E-state index is 0.00247. The lowest BCUT2D eigenvalue weighted by Gasteiger charge is -2.20. The molecule has 0 aliphatic rings. The number of carbonyl (C=O) groups excluding carboxylic acids is 1. The third-order valence-corrected chi connectivity index (χ3v) is 5.10. The average molecular weight is 362 g/mol. The zero-order valence-corrected chi connectivity index (χ0v) is 16.2. The molecule has 0 aromatic heterocycles. The summed E-state index contributed by atoms with van der Waals surface area (Å²) in [6.45, 7) is 8.60. The van der Waals surface area contributed by atoms with Gasteiger partial charge in [0.2, 0.25) is 5.91 Å². The quantitative estimate of drug-likeness (QED) is 0.701. The second-order valence-corrected chi connectivity index (χ2v) is 8.39. The number of nitrogens with one attached hydrogen (secondary N) is 1. The number of hydrogen-bond donors (Lipinski definition) is 1. The van der Waals surface area contributed by atoms with E-state index in [4.69, 9.17) is 11.6 Å². The van der Waals surface area contributed by atoms with Crippen molar-refractivity contribution < 1.29 is 4.79 Å². The van der Waals surface area contributed by atoms with Crippen LogP contribution in [0.25, 0.3) is 0 Å². The van der Waals surface area contributed by atoms with Gasteiger partial charge < -0.3 is 5.32 Å². The van der Waals surface area contributed by atoms with Gasteiger partial charge >= 0.3 is 0 Å². The molecule has 0 aliphatic carbocycles. The van der Waals surface area contributed by atoms with Crippen LogP contribution in [0, 0.1) is 0 Å². The molecule has 0 bridgehead atoms. The molecule has 0 aliphatic heterocycles. The number of hydrogen-bond acceptors (Lipinski definition) is 2. The van der Waals surface area contributed by atoms with Crippen molar-refractivity contribution >= 4 is 29.3 Å². The molecule has 4 heteroatoms. The molecule has 1 amide bonds. The zero-order chi connectivity index (χ0) is 17.7. The van der Waals surface area contributed by atoms with Gasteiger partial charge in [-0.2, -0.15) is 0 Å². The molecule has 0 radical (unpaired) electrons. The van der Waals surface area contributed by atoms with Gasteiger partial charge in [-0.1, -0.05) is 56.6 Å². The molecule has 0 saturated heterocycles. The maximum atomic E-state index is 12.1. The molecule has 0 fully saturated rings. The smallest absolute Gasteiger partial charge is 0.230 e. The highest BCUT2D eigenvalue weighted by molar-refractivity contribution is 8.00. The minimum Gasteiger partial charge on any atom is -0.349 e. The lowest BCUT2D eigenvalue weighted by molar-refractivity contribution is -0.119. The Kier molecular flexibility index (Phi) is 6.36. The van der Waals surface area contributed by atoms with Gasteiger partial charge in [-0.3, -0.25) is 4.79 Å². The third kappa shape index (κ3) is 5.57. The van der Waals surface area contributed by atoms with Crippen LogP contribution in [-0.2, 0) is 10.2 Å². The number of carbonyl (C=O) groups is 1. The molecule has 0 spiro atoms. The number of rotatable bonds is 5. The standard InChI is InChI=1S/C20H24ClNOS/c1-14(15-5-7-16(8-6-15)20(2,3)4)22-19(23)13-24-18-11-9-17(21)10-12-18/h5-12,14H,13H2,1-4H3,(H,22,23)/t14-/m0/s1. The Balaban J connectivity index is 1.88. The van der Waals surface area contributed by atoms with Gasteiger partial charge in [-0.05, 0) is 47.7 Å². The van der Waals surface area contributed by atoms with Crippen LogP contribution in [0.15, 0.2) is 53.4 Å². The predicted molar refractivity (Wildman–Crippen MR) is 104 cm³/mol. The fraction of sp³-hybridized carbons (Fsp3) is 0.350. The Bertz CT molecular complexity index is 674. The largest absolute Gasteiger partial charge is 0.349 e. The minimum atomic E-state index is -0.00247. The van der Waals surface area contributed by atoms with Gasteiger partial charge in [0.15, 0.2) is 0 Å². The van der Waals surface area contributed by atoms with Crippen molar-refractivity contribution in [2.45, 2.75) is 44.0 Å². The average Bonchev–Trinajstić information content (AvgIpc) is 2.53. The summed E-state index contributed by atoms with van der Waals surface area (Å²) in [5, 5.41) is 3.75. The second-order valence-electron chi connectivity index (χ2n) is 6.90. The Morgan fingerprint density at radius 1 is 1.08 bits per heavy atom. The normalized spacial score (nSPS) is 12.7. The lowest BCUT2D eigenvalue weighted by atomic mass is 9.86. The predicted octanol–water partition coefficient (Wildman–Crippen LogP) is 5.61. The highest BCUT2D eigenvalue weighted by Gasteiger charge is 2.15. The summed E-state index contributed by atoms with van der Waals surface area (Å²) in [7, 11) is 0. The molecule has 0 unspecified atom stereocenters. The zero-order valence-electron chi connectivity index (χ0n) is 14.6. The van der Waals surface area contributed by atoms with Crippen molar-refractivity contribution in [3.8, 4) is 0 Å². The van der Waals surface area contributed by atoms with Crippen LogP contribution < -0.4 is 5.32 Å². The number of amides is 1. The summed E-state index contributed by atoms with van der Waals surface area (Å²) < 4.78 is 0. The molecule has 0 heterocycles. The summed E-state index contributed by atoms with van der Waals surface area (Å²) in [6.07, 6.45) is 0. The Morgan fingerprint density at radius 3 is 2.21 bits per heavy atom. The Morgan fingerprint density at radius 2 is 1.67 bits per heavy atom. The lowest BCUT2D eigenvalue weighted by Crippen LogP contribution is -2.28. The van der Waals surface area contributed by atoms with E-state index in [1.165, 1.54) is 17.3 Å². The van der Waals surface area contributed by atoms with Crippen molar-refractivity contribution in [2.75, 3.05) is 5.75 Å². The highest BCUT2D eigenvalue weighted by atomic mass is 35.5. The van der Waals surface area contributed by atoms with E-state index in [0.717, 1.165) is 10.5 Å². The van der Waals surface area contributed by atoms with Crippen LogP contribution in [-0.4, -0.2) is 11.7 Å². The molecule has 2 aromatic rings. The summed E-state index contributed by atoms with van der Waals surface area (Å²) >= 11 is 7.37. The third-order valence-electron chi connectivity index (χ3n) is 3.84. The molecule has 2 rings (SSSR count). The SMILES string of the molecule is C[C@H](NC(=O)CSc1ccc(Cl)cc1)c1ccc(C(C)(C)C)cc1. The van der Waals surface area contributed by atoms with Crippen LogP contribution in [0.4, 0.5) is 0 Å². The van der Waals surface area contributed by atoms with Gasteiger partial charge in [0.05, 0.1) is 11.8 Å². The molecule has 2 aromatic carbocycles. The van der Waals surface area contributed by atoms with Crippen LogP contribution in [0.3, 0.4) is 0 Å². The molecule has 1 N–H and O–H groups in total. The van der Waals surface area contributed by atoms with E-state index in [0.29, 0.717) is 10.8 Å². The van der Waals surface area contributed by atoms with Gasteiger partial charge in [0, 0.05) is 9.92 Å².